The summed E-state index contributed by atoms with van der Waals surface area (Å²) < 4.78 is 38.5. The normalized spacial score (nSPS) is 20.9. The van der Waals surface area contributed by atoms with Crippen LogP contribution in [0.3, 0.4) is 0 Å². The molecule has 0 spiro atoms. The Hall–Kier alpha value is -1.27. The average molecular weight is 351 g/mol. The minimum Gasteiger partial charge on any atom is -0.356 e. The molecule has 2 rings (SSSR count). The molecule has 23 heavy (non-hydrogen) atoms. The van der Waals surface area contributed by atoms with Crippen LogP contribution >= 0.6 is 12.4 Å². The summed E-state index contributed by atoms with van der Waals surface area (Å²) in [7, 11) is 0. The second-order valence-electron chi connectivity index (χ2n) is 5.81. The molecule has 1 aromatic carbocycles. The highest BCUT2D eigenvalue weighted by atomic mass is 35.5. The first kappa shape index (κ1) is 19.8. The molecule has 0 saturated heterocycles. The average Bonchev–Trinajstić information content (AvgIpc) is 2.83. The first-order valence-corrected chi connectivity index (χ1v) is 7.55. The maximum atomic E-state index is 12.8. The van der Waals surface area contributed by atoms with E-state index in [0.29, 0.717) is 6.42 Å². The van der Waals surface area contributed by atoms with Gasteiger partial charge in [-0.3, -0.25) is 4.79 Å². The number of hydrogen-bond acceptors (Lipinski definition) is 2. The Labute approximate surface area is 140 Å². The van der Waals surface area contributed by atoms with Gasteiger partial charge in [0.15, 0.2) is 0 Å². The third-order valence-electron chi connectivity index (χ3n) is 4.20. The van der Waals surface area contributed by atoms with E-state index in [0.717, 1.165) is 25.3 Å². The van der Waals surface area contributed by atoms with Gasteiger partial charge in [-0.25, -0.2) is 0 Å². The number of benzene rings is 1. The summed E-state index contributed by atoms with van der Waals surface area (Å²) >= 11 is 0. The van der Waals surface area contributed by atoms with Gasteiger partial charge >= 0.3 is 6.18 Å². The number of nitrogens with two attached hydrogens (primary N) is 1. The highest BCUT2D eigenvalue weighted by Crippen LogP contribution is 2.32. The Kier molecular flexibility index (Phi) is 7.35. The van der Waals surface area contributed by atoms with E-state index < -0.39 is 11.7 Å². The summed E-state index contributed by atoms with van der Waals surface area (Å²) in [6.45, 7) is 0.202. The molecule has 0 radical (unpaired) electrons. The van der Waals surface area contributed by atoms with Crippen molar-refractivity contribution in [2.75, 3.05) is 6.54 Å². The lowest BCUT2D eigenvalue weighted by molar-refractivity contribution is -0.138. The van der Waals surface area contributed by atoms with Gasteiger partial charge in [-0.2, -0.15) is 13.2 Å². The topological polar surface area (TPSA) is 55.1 Å². The van der Waals surface area contributed by atoms with E-state index in [9.17, 15) is 18.0 Å². The van der Waals surface area contributed by atoms with Crippen LogP contribution in [0.15, 0.2) is 24.3 Å². The molecule has 2 atom stereocenters. The van der Waals surface area contributed by atoms with Gasteiger partial charge in [0.25, 0.3) is 0 Å². The first-order valence-electron chi connectivity index (χ1n) is 7.55. The quantitative estimate of drug-likeness (QED) is 0.856. The second kappa shape index (κ2) is 8.55. The van der Waals surface area contributed by atoms with Crippen LogP contribution in [-0.4, -0.2) is 18.5 Å². The summed E-state index contributed by atoms with van der Waals surface area (Å²) in [6.07, 6.45) is -0.905. The number of alkyl halides is 3. The van der Waals surface area contributed by atoms with Crippen molar-refractivity contribution in [2.24, 2.45) is 11.7 Å². The fourth-order valence-corrected chi connectivity index (χ4v) is 2.98. The SMILES string of the molecule is Cl.N[C@@H]1CCC[C@H]1CC(=O)NCCc1ccccc1C(F)(F)F. The lowest BCUT2D eigenvalue weighted by Gasteiger charge is -2.15. The molecule has 3 N–H and O–H groups in total. The third-order valence-corrected chi connectivity index (χ3v) is 4.20. The zero-order valence-electron chi connectivity index (χ0n) is 12.7. The molecule has 0 aromatic heterocycles. The van der Waals surface area contributed by atoms with Crippen LogP contribution < -0.4 is 11.1 Å². The van der Waals surface area contributed by atoms with Gasteiger partial charge in [0.2, 0.25) is 5.91 Å². The molecule has 0 heterocycles. The van der Waals surface area contributed by atoms with Crippen LogP contribution in [0, 0.1) is 5.92 Å². The Bertz CT molecular complexity index is 522. The van der Waals surface area contributed by atoms with Crippen LogP contribution in [0.2, 0.25) is 0 Å². The van der Waals surface area contributed by atoms with E-state index in [-0.39, 0.29) is 48.8 Å². The lowest BCUT2D eigenvalue weighted by atomic mass is 10.00. The van der Waals surface area contributed by atoms with Crippen molar-refractivity contribution in [3.05, 3.63) is 35.4 Å². The van der Waals surface area contributed by atoms with Crippen LogP contribution in [0.1, 0.15) is 36.8 Å². The Morgan fingerprint density at radius 1 is 1.26 bits per heavy atom. The molecule has 1 aliphatic rings. The minimum atomic E-state index is -4.36. The second-order valence-corrected chi connectivity index (χ2v) is 5.81. The van der Waals surface area contributed by atoms with Gasteiger partial charge in [-0.05, 0) is 36.8 Å². The molecule has 1 aliphatic carbocycles. The predicted octanol–water partition coefficient (Wildman–Crippen LogP) is 3.30. The fraction of sp³-hybridized carbons (Fsp3) is 0.562. The van der Waals surface area contributed by atoms with E-state index in [1.54, 1.807) is 6.07 Å². The highest BCUT2D eigenvalue weighted by molar-refractivity contribution is 5.85. The molecular formula is C16H22ClF3N2O. The summed E-state index contributed by atoms with van der Waals surface area (Å²) in [5.41, 5.74) is 5.47. The monoisotopic (exact) mass is 350 g/mol. The van der Waals surface area contributed by atoms with E-state index in [1.165, 1.54) is 12.1 Å². The third kappa shape index (κ3) is 5.70. The van der Waals surface area contributed by atoms with Crippen molar-refractivity contribution in [1.29, 1.82) is 0 Å². The lowest BCUT2D eigenvalue weighted by Crippen LogP contribution is -2.32. The fourth-order valence-electron chi connectivity index (χ4n) is 2.98. The number of amides is 1. The van der Waals surface area contributed by atoms with Crippen molar-refractivity contribution in [3.8, 4) is 0 Å². The van der Waals surface area contributed by atoms with E-state index in [1.807, 2.05) is 0 Å². The smallest absolute Gasteiger partial charge is 0.356 e. The number of carbonyl (C=O) groups excluding carboxylic acids is 1. The van der Waals surface area contributed by atoms with Gasteiger partial charge in [0.05, 0.1) is 5.56 Å². The van der Waals surface area contributed by atoms with Crippen molar-refractivity contribution < 1.29 is 18.0 Å². The maximum Gasteiger partial charge on any atom is 0.416 e. The molecule has 1 fully saturated rings. The molecule has 0 aliphatic heterocycles. The largest absolute Gasteiger partial charge is 0.416 e. The zero-order chi connectivity index (χ0) is 16.2. The van der Waals surface area contributed by atoms with Crippen molar-refractivity contribution in [2.45, 2.75) is 44.3 Å². The Morgan fingerprint density at radius 3 is 2.57 bits per heavy atom. The minimum absolute atomic E-state index is 0. The molecule has 7 heteroatoms. The molecule has 1 aromatic rings. The van der Waals surface area contributed by atoms with Crippen LogP contribution in [-0.2, 0) is 17.4 Å². The summed E-state index contributed by atoms with van der Waals surface area (Å²) in [5.74, 6) is 0.0642. The number of rotatable bonds is 5. The number of nitrogens with one attached hydrogen (secondary N) is 1. The van der Waals surface area contributed by atoms with Crippen LogP contribution in [0.25, 0.3) is 0 Å². The molecule has 1 saturated carbocycles. The molecule has 1 amide bonds. The summed E-state index contributed by atoms with van der Waals surface area (Å²) in [4.78, 5) is 11.8. The zero-order valence-corrected chi connectivity index (χ0v) is 13.6. The molecule has 130 valence electrons. The number of hydrogen-bond donors (Lipinski definition) is 2. The predicted molar refractivity (Wildman–Crippen MR) is 85.3 cm³/mol. The van der Waals surface area contributed by atoms with E-state index in [4.69, 9.17) is 5.73 Å². The van der Waals surface area contributed by atoms with Gasteiger partial charge in [-0.15, -0.1) is 12.4 Å². The molecule has 0 unspecified atom stereocenters. The van der Waals surface area contributed by atoms with Gasteiger partial charge in [0.1, 0.15) is 0 Å². The first-order chi connectivity index (χ1) is 10.4. The van der Waals surface area contributed by atoms with Crippen molar-refractivity contribution in [3.63, 3.8) is 0 Å². The number of carbonyl (C=O) groups is 1. The van der Waals surface area contributed by atoms with E-state index >= 15 is 0 Å². The standard InChI is InChI=1S/C16H21F3N2O.ClH/c17-16(18,19)13-6-2-1-4-11(13)8-9-21-15(22)10-12-5-3-7-14(12)20;/h1-2,4,6,12,14H,3,5,7-10,20H2,(H,21,22);1H/t12-,14+;/m0./s1. The number of halogens is 4. The maximum absolute atomic E-state index is 12.8. The van der Waals surface area contributed by atoms with Gasteiger partial charge in [-0.1, -0.05) is 24.6 Å². The van der Waals surface area contributed by atoms with Gasteiger partial charge < -0.3 is 11.1 Å². The van der Waals surface area contributed by atoms with Crippen LogP contribution in [0.5, 0.6) is 0 Å². The van der Waals surface area contributed by atoms with E-state index in [2.05, 4.69) is 5.32 Å². The Morgan fingerprint density at radius 2 is 1.96 bits per heavy atom. The summed E-state index contributed by atoms with van der Waals surface area (Å²) in [6, 6.07) is 5.52. The highest BCUT2D eigenvalue weighted by Gasteiger charge is 2.32. The van der Waals surface area contributed by atoms with Crippen LogP contribution in [0.4, 0.5) is 13.2 Å². The Balaban J connectivity index is 0.00000264. The molecule has 3 nitrogen and oxygen atoms in total. The summed E-state index contributed by atoms with van der Waals surface area (Å²) in [5, 5.41) is 2.70. The molecular weight excluding hydrogens is 329 g/mol. The van der Waals surface area contributed by atoms with Gasteiger partial charge in [0, 0.05) is 19.0 Å². The molecule has 0 bridgehead atoms. The van der Waals surface area contributed by atoms with Crippen molar-refractivity contribution >= 4 is 18.3 Å². The van der Waals surface area contributed by atoms with Crippen molar-refractivity contribution in [1.82, 2.24) is 5.32 Å².